The number of hydrogen-bond acceptors (Lipinski definition) is 2. The zero-order chi connectivity index (χ0) is 11.4. The zero-order valence-corrected chi connectivity index (χ0v) is 11.4. The molecule has 0 spiro atoms. The summed E-state index contributed by atoms with van der Waals surface area (Å²) >= 11 is 5.52. The predicted molar refractivity (Wildman–Crippen MR) is 76.5 cm³/mol. The van der Waals surface area contributed by atoms with Gasteiger partial charge in [-0.1, -0.05) is 35.9 Å². The molecule has 0 radical (unpaired) electrons. The third kappa shape index (κ3) is 3.17. The Morgan fingerprint density at radius 3 is 2.19 bits per heavy atom. The van der Waals surface area contributed by atoms with Gasteiger partial charge in [0.25, 0.3) is 0 Å². The van der Waals surface area contributed by atoms with Crippen LogP contribution in [0.3, 0.4) is 0 Å². The van der Waals surface area contributed by atoms with E-state index in [0.717, 1.165) is 0 Å². The van der Waals surface area contributed by atoms with Gasteiger partial charge >= 0.3 is 0 Å². The van der Waals surface area contributed by atoms with Crippen LogP contribution in [0.15, 0.2) is 64.4 Å². The first-order chi connectivity index (χ1) is 7.75. The standard InChI is InChI=1S/C13H12S3/c1-11-7-9-13(10-8-11)16(14)15-12-5-3-2-4-6-12/h2-10H,1H3. The van der Waals surface area contributed by atoms with Crippen molar-refractivity contribution < 1.29 is 0 Å². The van der Waals surface area contributed by atoms with Crippen LogP contribution in [0.1, 0.15) is 5.56 Å². The van der Waals surface area contributed by atoms with Gasteiger partial charge in [0.05, 0.1) is 0 Å². The summed E-state index contributed by atoms with van der Waals surface area (Å²) in [5, 5.41) is 0. The van der Waals surface area contributed by atoms with Gasteiger partial charge in [-0.15, -0.1) is 0 Å². The average Bonchev–Trinajstić information content (AvgIpc) is 2.31. The minimum atomic E-state index is -0.193. The van der Waals surface area contributed by atoms with Gasteiger partial charge in [-0.3, -0.25) is 0 Å². The number of hydrogen-bond donors (Lipinski definition) is 0. The summed E-state index contributed by atoms with van der Waals surface area (Å²) in [4.78, 5) is 2.47. The third-order valence-electron chi connectivity index (χ3n) is 2.13. The van der Waals surface area contributed by atoms with Crippen molar-refractivity contribution in [2.24, 2.45) is 0 Å². The van der Waals surface area contributed by atoms with Crippen LogP contribution in [0, 0.1) is 6.92 Å². The first-order valence-electron chi connectivity index (χ1n) is 4.97. The molecule has 0 saturated carbocycles. The van der Waals surface area contributed by atoms with Crippen LogP contribution in [-0.4, -0.2) is 0 Å². The lowest BCUT2D eigenvalue weighted by atomic mass is 10.2. The van der Waals surface area contributed by atoms with E-state index in [2.05, 4.69) is 43.3 Å². The van der Waals surface area contributed by atoms with E-state index in [0.29, 0.717) is 0 Å². The molecule has 0 amide bonds. The van der Waals surface area contributed by atoms with Gasteiger partial charge in [0.2, 0.25) is 0 Å². The minimum absolute atomic E-state index is 0.193. The molecule has 0 bridgehead atoms. The molecule has 1 unspecified atom stereocenters. The van der Waals surface area contributed by atoms with Crippen LogP contribution in [0.25, 0.3) is 0 Å². The smallest absolute Gasteiger partial charge is 0.0225 e. The van der Waals surface area contributed by atoms with Crippen LogP contribution >= 0.6 is 10.8 Å². The molecule has 3 heteroatoms. The lowest BCUT2D eigenvalue weighted by Crippen LogP contribution is -1.84. The van der Waals surface area contributed by atoms with E-state index >= 15 is 0 Å². The monoisotopic (exact) mass is 264 g/mol. The maximum absolute atomic E-state index is 5.52. The molecule has 2 aromatic carbocycles. The van der Waals surface area contributed by atoms with Gasteiger partial charge in [0, 0.05) is 9.79 Å². The van der Waals surface area contributed by atoms with E-state index < -0.39 is 0 Å². The Kier molecular flexibility index (Phi) is 4.16. The van der Waals surface area contributed by atoms with Crippen molar-refractivity contribution in [1.29, 1.82) is 0 Å². The second-order valence-corrected chi connectivity index (χ2v) is 8.16. The maximum Gasteiger partial charge on any atom is 0.0225 e. The SMILES string of the molecule is Cc1ccc(S(=S)Sc2ccccc2)cc1. The van der Waals surface area contributed by atoms with E-state index in [1.807, 2.05) is 18.2 Å². The van der Waals surface area contributed by atoms with Gasteiger partial charge in [-0.25, -0.2) is 0 Å². The summed E-state index contributed by atoms with van der Waals surface area (Å²) in [5.74, 6) is 0. The van der Waals surface area contributed by atoms with Crippen molar-refractivity contribution >= 4 is 30.5 Å². The molecule has 0 aliphatic rings. The summed E-state index contributed by atoms with van der Waals surface area (Å²) in [6.07, 6.45) is 0. The molecule has 82 valence electrons. The van der Waals surface area contributed by atoms with Crippen molar-refractivity contribution in [1.82, 2.24) is 0 Å². The molecular formula is C13H12S3. The molecule has 1 atom stereocenters. The Hall–Kier alpha value is -0.640. The topological polar surface area (TPSA) is 0 Å². The van der Waals surface area contributed by atoms with E-state index in [1.54, 1.807) is 10.8 Å². The lowest BCUT2D eigenvalue weighted by Gasteiger charge is -2.05. The Labute approximate surface area is 107 Å². The molecular weight excluding hydrogens is 252 g/mol. The Bertz CT molecular complexity index is 474. The second-order valence-electron chi connectivity index (χ2n) is 3.44. The van der Waals surface area contributed by atoms with Crippen LogP contribution < -0.4 is 0 Å². The highest BCUT2D eigenvalue weighted by Gasteiger charge is 2.01. The third-order valence-corrected chi connectivity index (χ3v) is 6.20. The van der Waals surface area contributed by atoms with Crippen LogP contribution in [0.2, 0.25) is 0 Å². The van der Waals surface area contributed by atoms with E-state index in [4.69, 9.17) is 11.2 Å². The van der Waals surface area contributed by atoms with Crippen molar-refractivity contribution in [2.75, 3.05) is 0 Å². The minimum Gasteiger partial charge on any atom is -0.0622 e. The second kappa shape index (κ2) is 5.62. The largest absolute Gasteiger partial charge is 0.0622 e. The van der Waals surface area contributed by atoms with E-state index in [-0.39, 0.29) is 8.49 Å². The average molecular weight is 264 g/mol. The Morgan fingerprint density at radius 2 is 1.56 bits per heavy atom. The predicted octanol–water partition coefficient (Wildman–Crippen LogP) is 4.14. The van der Waals surface area contributed by atoms with Crippen molar-refractivity contribution in [3.63, 3.8) is 0 Å². The molecule has 0 saturated heterocycles. The fourth-order valence-corrected chi connectivity index (χ4v) is 4.68. The molecule has 0 aliphatic heterocycles. The number of benzene rings is 2. The first-order valence-corrected chi connectivity index (χ1v) is 8.46. The van der Waals surface area contributed by atoms with Crippen molar-refractivity contribution in [2.45, 2.75) is 16.7 Å². The molecule has 16 heavy (non-hydrogen) atoms. The fraction of sp³-hybridized carbons (Fsp3) is 0.0769. The summed E-state index contributed by atoms with van der Waals surface area (Å²) in [6, 6.07) is 18.8. The normalized spacial score (nSPS) is 12.3. The molecule has 0 heterocycles. The molecule has 0 aliphatic carbocycles. The number of aryl methyl sites for hydroxylation is 1. The lowest BCUT2D eigenvalue weighted by molar-refractivity contribution is 1.38. The summed E-state index contributed by atoms with van der Waals surface area (Å²) < 4.78 is 0. The van der Waals surface area contributed by atoms with Gasteiger partial charge in [-0.2, -0.15) is 0 Å². The molecule has 0 fully saturated rings. The van der Waals surface area contributed by atoms with Crippen LogP contribution in [0.4, 0.5) is 0 Å². The highest BCUT2D eigenvalue weighted by atomic mass is 33.3. The zero-order valence-electron chi connectivity index (χ0n) is 8.92. The molecule has 0 aromatic heterocycles. The van der Waals surface area contributed by atoms with Gasteiger partial charge in [0.1, 0.15) is 0 Å². The quantitative estimate of drug-likeness (QED) is 0.764. The number of rotatable bonds is 3. The van der Waals surface area contributed by atoms with Gasteiger partial charge in [-0.05, 0) is 61.7 Å². The van der Waals surface area contributed by atoms with Crippen LogP contribution in [0.5, 0.6) is 0 Å². The van der Waals surface area contributed by atoms with Crippen LogP contribution in [-0.2, 0) is 19.7 Å². The van der Waals surface area contributed by atoms with E-state index in [9.17, 15) is 0 Å². The van der Waals surface area contributed by atoms with Gasteiger partial charge < -0.3 is 0 Å². The molecule has 0 N–H and O–H groups in total. The Morgan fingerprint density at radius 1 is 0.938 bits per heavy atom. The fourth-order valence-electron chi connectivity index (χ4n) is 1.26. The molecule has 2 aromatic rings. The van der Waals surface area contributed by atoms with Crippen molar-refractivity contribution in [3.8, 4) is 0 Å². The molecule has 0 nitrogen and oxygen atoms in total. The first kappa shape index (κ1) is 11.8. The Balaban J connectivity index is 2.12. The summed E-state index contributed by atoms with van der Waals surface area (Å²) in [7, 11) is 1.55. The summed E-state index contributed by atoms with van der Waals surface area (Å²) in [6.45, 7) is 2.09. The highest BCUT2D eigenvalue weighted by Crippen LogP contribution is 2.27. The summed E-state index contributed by atoms with van der Waals surface area (Å²) in [5.41, 5.74) is 1.28. The maximum atomic E-state index is 5.52. The van der Waals surface area contributed by atoms with E-state index in [1.165, 1.54) is 15.4 Å². The van der Waals surface area contributed by atoms with Gasteiger partial charge in [0.15, 0.2) is 0 Å². The van der Waals surface area contributed by atoms with Crippen molar-refractivity contribution in [3.05, 3.63) is 60.2 Å². The molecule has 2 rings (SSSR count). The highest BCUT2D eigenvalue weighted by molar-refractivity contribution is 8.82.